The van der Waals surface area contributed by atoms with Crippen LogP contribution >= 0.6 is 0 Å². The zero-order valence-corrected chi connectivity index (χ0v) is 11.4. The highest BCUT2D eigenvalue weighted by Crippen LogP contribution is 2.38. The predicted octanol–water partition coefficient (Wildman–Crippen LogP) is 2.55. The first-order valence-electron chi connectivity index (χ1n) is 5.88. The molecule has 1 aromatic carbocycles. The van der Waals surface area contributed by atoms with Crippen LogP contribution in [0.15, 0.2) is 18.3 Å². The molecule has 0 spiro atoms. The third kappa shape index (κ3) is 2.01. The maximum Gasteiger partial charge on any atom is 0.313 e. The van der Waals surface area contributed by atoms with Crippen LogP contribution in [-0.2, 0) is 10.2 Å². The van der Waals surface area contributed by atoms with Crippen LogP contribution in [0.5, 0.6) is 11.5 Å². The number of aliphatic carboxylic acids is 1. The number of H-pyrrole nitrogens is 1. The molecule has 0 saturated carbocycles. The van der Waals surface area contributed by atoms with E-state index in [1.807, 2.05) is 6.07 Å². The summed E-state index contributed by atoms with van der Waals surface area (Å²) in [6.07, 6.45) is 1.71. The van der Waals surface area contributed by atoms with Crippen molar-refractivity contribution < 1.29 is 19.4 Å². The highest BCUT2D eigenvalue weighted by atomic mass is 16.5. The second kappa shape index (κ2) is 4.50. The first kappa shape index (κ1) is 13.3. The number of carboxylic acids is 1. The van der Waals surface area contributed by atoms with Gasteiger partial charge in [0, 0.05) is 23.7 Å². The molecule has 2 rings (SSSR count). The Morgan fingerprint density at radius 2 is 1.95 bits per heavy atom. The molecule has 0 aliphatic carbocycles. The molecule has 0 fully saturated rings. The number of nitrogens with one attached hydrogen (secondary N) is 1. The Morgan fingerprint density at radius 1 is 1.26 bits per heavy atom. The third-order valence-corrected chi connectivity index (χ3v) is 3.38. The van der Waals surface area contributed by atoms with E-state index >= 15 is 0 Å². The van der Waals surface area contributed by atoms with Gasteiger partial charge >= 0.3 is 5.97 Å². The van der Waals surface area contributed by atoms with Gasteiger partial charge in [0.25, 0.3) is 0 Å². The maximum atomic E-state index is 11.4. The van der Waals surface area contributed by atoms with Crippen molar-refractivity contribution in [2.75, 3.05) is 14.2 Å². The molecule has 2 aromatic rings. The standard InChI is InChI=1S/C14H17NO4/c1-14(2,13(16)17)9-7-15-10-5-8(18-3)6-11(19-4)12(9)10/h5-7,15H,1-4H3,(H,16,17). The quantitative estimate of drug-likeness (QED) is 0.889. The van der Waals surface area contributed by atoms with Gasteiger partial charge in [-0.05, 0) is 19.4 Å². The molecule has 0 radical (unpaired) electrons. The van der Waals surface area contributed by atoms with Gasteiger partial charge < -0.3 is 19.6 Å². The van der Waals surface area contributed by atoms with Crippen molar-refractivity contribution in [3.63, 3.8) is 0 Å². The Labute approximate surface area is 111 Å². The highest BCUT2D eigenvalue weighted by Gasteiger charge is 2.33. The minimum Gasteiger partial charge on any atom is -0.497 e. The lowest BCUT2D eigenvalue weighted by Crippen LogP contribution is -2.28. The van der Waals surface area contributed by atoms with Crippen LogP contribution < -0.4 is 9.47 Å². The molecular formula is C14H17NO4. The molecule has 0 bridgehead atoms. The number of hydrogen-bond acceptors (Lipinski definition) is 3. The minimum atomic E-state index is -1.000. The van der Waals surface area contributed by atoms with E-state index in [0.717, 1.165) is 10.9 Å². The normalized spacial score (nSPS) is 11.6. The zero-order chi connectivity index (χ0) is 14.2. The lowest BCUT2D eigenvalue weighted by molar-refractivity contribution is -0.142. The van der Waals surface area contributed by atoms with Gasteiger partial charge in [0.15, 0.2) is 0 Å². The summed E-state index contributed by atoms with van der Waals surface area (Å²) in [4.78, 5) is 14.5. The summed E-state index contributed by atoms with van der Waals surface area (Å²) in [5.41, 5.74) is 0.482. The summed E-state index contributed by atoms with van der Waals surface area (Å²) in [6.45, 7) is 3.34. The van der Waals surface area contributed by atoms with Gasteiger partial charge in [-0.2, -0.15) is 0 Å². The van der Waals surface area contributed by atoms with Crippen LogP contribution in [0.1, 0.15) is 19.4 Å². The van der Waals surface area contributed by atoms with Crippen LogP contribution in [0.2, 0.25) is 0 Å². The summed E-state index contributed by atoms with van der Waals surface area (Å²) in [5, 5.41) is 10.1. The Bertz CT molecular complexity index is 628. The van der Waals surface area contributed by atoms with E-state index in [2.05, 4.69) is 4.98 Å². The molecule has 0 aliphatic rings. The van der Waals surface area contributed by atoms with Gasteiger partial charge in [-0.1, -0.05) is 0 Å². The van der Waals surface area contributed by atoms with E-state index in [-0.39, 0.29) is 0 Å². The van der Waals surface area contributed by atoms with E-state index in [1.54, 1.807) is 40.3 Å². The van der Waals surface area contributed by atoms with Gasteiger partial charge in [0.05, 0.1) is 25.2 Å². The molecule has 102 valence electrons. The number of carboxylic acid groups (broad SMARTS) is 1. The van der Waals surface area contributed by atoms with E-state index in [9.17, 15) is 9.90 Å². The Balaban J connectivity index is 2.75. The lowest BCUT2D eigenvalue weighted by atomic mass is 9.84. The van der Waals surface area contributed by atoms with Gasteiger partial charge in [-0.25, -0.2) is 0 Å². The molecule has 5 nitrogen and oxygen atoms in total. The van der Waals surface area contributed by atoms with Gasteiger partial charge in [0.2, 0.25) is 0 Å². The Morgan fingerprint density at radius 3 is 2.47 bits per heavy atom. The topological polar surface area (TPSA) is 71.6 Å². The Hall–Kier alpha value is -2.17. The number of methoxy groups -OCH3 is 2. The van der Waals surface area contributed by atoms with Crippen molar-refractivity contribution >= 4 is 16.9 Å². The number of hydrogen-bond donors (Lipinski definition) is 2. The number of aromatic nitrogens is 1. The van der Waals surface area contributed by atoms with Crippen molar-refractivity contribution in [2.45, 2.75) is 19.3 Å². The molecule has 0 atom stereocenters. The van der Waals surface area contributed by atoms with E-state index in [4.69, 9.17) is 9.47 Å². The molecule has 19 heavy (non-hydrogen) atoms. The fourth-order valence-electron chi connectivity index (χ4n) is 2.09. The molecule has 0 aliphatic heterocycles. The monoisotopic (exact) mass is 263 g/mol. The summed E-state index contributed by atoms with van der Waals surface area (Å²) in [7, 11) is 3.13. The number of benzene rings is 1. The summed E-state index contributed by atoms with van der Waals surface area (Å²) >= 11 is 0. The molecule has 0 unspecified atom stereocenters. The number of rotatable bonds is 4. The number of aromatic amines is 1. The molecule has 2 N–H and O–H groups in total. The van der Waals surface area contributed by atoms with E-state index in [0.29, 0.717) is 17.1 Å². The molecule has 1 heterocycles. The zero-order valence-electron chi connectivity index (χ0n) is 11.4. The molecule has 1 aromatic heterocycles. The van der Waals surface area contributed by atoms with E-state index in [1.165, 1.54) is 0 Å². The molecule has 0 amide bonds. The van der Waals surface area contributed by atoms with Crippen molar-refractivity contribution in [1.29, 1.82) is 0 Å². The van der Waals surface area contributed by atoms with Crippen molar-refractivity contribution in [3.8, 4) is 11.5 Å². The fraction of sp³-hybridized carbons (Fsp3) is 0.357. The molecule has 5 heteroatoms. The molecule has 0 saturated heterocycles. The largest absolute Gasteiger partial charge is 0.497 e. The van der Waals surface area contributed by atoms with Crippen LogP contribution in [-0.4, -0.2) is 30.3 Å². The average molecular weight is 263 g/mol. The van der Waals surface area contributed by atoms with Crippen molar-refractivity contribution in [1.82, 2.24) is 4.98 Å². The predicted molar refractivity (Wildman–Crippen MR) is 72.1 cm³/mol. The van der Waals surface area contributed by atoms with Gasteiger partial charge in [-0.15, -0.1) is 0 Å². The number of fused-ring (bicyclic) bond motifs is 1. The minimum absolute atomic E-state index is 0.597. The smallest absolute Gasteiger partial charge is 0.313 e. The maximum absolute atomic E-state index is 11.4. The molecular weight excluding hydrogens is 246 g/mol. The first-order valence-corrected chi connectivity index (χ1v) is 5.88. The van der Waals surface area contributed by atoms with Crippen LogP contribution in [0.4, 0.5) is 0 Å². The van der Waals surface area contributed by atoms with E-state index < -0.39 is 11.4 Å². The van der Waals surface area contributed by atoms with Crippen LogP contribution in [0.25, 0.3) is 10.9 Å². The SMILES string of the molecule is COc1cc(OC)c2c(C(C)(C)C(=O)O)c[nH]c2c1. The summed E-state index contributed by atoms with van der Waals surface area (Å²) < 4.78 is 10.5. The second-order valence-corrected chi connectivity index (χ2v) is 4.88. The lowest BCUT2D eigenvalue weighted by Gasteiger charge is -2.19. The van der Waals surface area contributed by atoms with Gasteiger partial charge in [0.1, 0.15) is 11.5 Å². The third-order valence-electron chi connectivity index (χ3n) is 3.38. The van der Waals surface area contributed by atoms with Gasteiger partial charge in [-0.3, -0.25) is 4.79 Å². The van der Waals surface area contributed by atoms with Crippen LogP contribution in [0.3, 0.4) is 0 Å². The number of ether oxygens (including phenoxy) is 2. The fourth-order valence-corrected chi connectivity index (χ4v) is 2.09. The summed E-state index contributed by atoms with van der Waals surface area (Å²) in [6, 6.07) is 3.57. The average Bonchev–Trinajstić information content (AvgIpc) is 2.81. The second-order valence-electron chi connectivity index (χ2n) is 4.88. The van der Waals surface area contributed by atoms with Crippen molar-refractivity contribution in [3.05, 3.63) is 23.9 Å². The number of carbonyl (C=O) groups is 1. The van der Waals surface area contributed by atoms with Crippen molar-refractivity contribution in [2.24, 2.45) is 0 Å². The Kier molecular flexibility index (Phi) is 3.14. The van der Waals surface area contributed by atoms with Crippen LogP contribution in [0, 0.1) is 0 Å². The highest BCUT2D eigenvalue weighted by molar-refractivity contribution is 5.96. The first-order chi connectivity index (χ1) is 8.91. The summed E-state index contributed by atoms with van der Waals surface area (Å²) in [5.74, 6) is 0.372.